The molecule has 3 rings (SSSR count). The molecule has 1 heterocycles. The standard InChI is InChI=1S/C14H9ClN2S.Na/c15-10-6-7-12-11(8-10)13(17-14(18)16-12)9-4-2-1-3-5-9;/h1-8H,(H,16,17,18);/q;+1/p-1. The first-order valence-corrected chi connectivity index (χ1v) is 6.22. The predicted octanol–water partition coefficient (Wildman–Crippen LogP) is 0.860. The Kier molecular flexibility index (Phi) is 4.76. The van der Waals surface area contributed by atoms with Gasteiger partial charge in [-0.15, -0.1) is 0 Å². The minimum absolute atomic E-state index is 0. The molecule has 0 bridgehead atoms. The van der Waals surface area contributed by atoms with E-state index in [0.717, 1.165) is 22.2 Å². The van der Waals surface area contributed by atoms with E-state index in [4.69, 9.17) is 24.2 Å². The van der Waals surface area contributed by atoms with Crippen LogP contribution in [0, 0.1) is 0 Å². The van der Waals surface area contributed by atoms with E-state index >= 15 is 0 Å². The summed E-state index contributed by atoms with van der Waals surface area (Å²) in [5.41, 5.74) is 2.66. The molecule has 2 nitrogen and oxygen atoms in total. The van der Waals surface area contributed by atoms with E-state index in [1.807, 2.05) is 42.5 Å². The van der Waals surface area contributed by atoms with Gasteiger partial charge in [0.15, 0.2) is 0 Å². The molecule has 0 unspecified atom stereocenters. The first kappa shape index (κ1) is 14.7. The first-order valence-electron chi connectivity index (χ1n) is 5.44. The molecule has 1 aromatic heterocycles. The number of rotatable bonds is 1. The third kappa shape index (κ3) is 3.07. The van der Waals surface area contributed by atoms with Crippen LogP contribution in [0.2, 0.25) is 5.02 Å². The smallest absolute Gasteiger partial charge is 0.740 e. The van der Waals surface area contributed by atoms with Gasteiger partial charge in [0.05, 0.1) is 11.2 Å². The van der Waals surface area contributed by atoms with Crippen LogP contribution >= 0.6 is 11.6 Å². The number of hydrogen-bond donors (Lipinski definition) is 0. The van der Waals surface area contributed by atoms with Crippen LogP contribution in [-0.4, -0.2) is 9.97 Å². The first-order chi connectivity index (χ1) is 8.74. The number of hydrogen-bond acceptors (Lipinski definition) is 3. The van der Waals surface area contributed by atoms with Gasteiger partial charge in [-0.3, -0.25) is 9.97 Å². The van der Waals surface area contributed by atoms with Crippen molar-refractivity contribution in [2.24, 2.45) is 0 Å². The van der Waals surface area contributed by atoms with Crippen LogP contribution in [0.15, 0.2) is 53.7 Å². The summed E-state index contributed by atoms with van der Waals surface area (Å²) >= 11 is 11.1. The maximum absolute atomic E-state index is 6.04. The number of nitrogens with zero attached hydrogens (tertiary/aromatic N) is 2. The zero-order chi connectivity index (χ0) is 12.5. The van der Waals surface area contributed by atoms with Gasteiger partial charge in [0.1, 0.15) is 0 Å². The second kappa shape index (κ2) is 6.16. The summed E-state index contributed by atoms with van der Waals surface area (Å²) < 4.78 is 0. The fourth-order valence-corrected chi connectivity index (χ4v) is 2.26. The number of benzene rings is 2. The molecular formula is C14H8ClN2NaS. The SMILES string of the molecule is [Na+].[S-]c1nc(-c2ccccc2)c2cc(Cl)ccc2n1. The molecule has 0 aliphatic rings. The molecule has 88 valence electrons. The zero-order valence-electron chi connectivity index (χ0n) is 10.3. The van der Waals surface area contributed by atoms with Crippen molar-refractivity contribution in [3.05, 3.63) is 53.6 Å². The van der Waals surface area contributed by atoms with Gasteiger partial charge >= 0.3 is 29.6 Å². The third-order valence-corrected chi connectivity index (χ3v) is 3.10. The van der Waals surface area contributed by atoms with E-state index < -0.39 is 0 Å². The summed E-state index contributed by atoms with van der Waals surface area (Å²) in [5.74, 6) is 0. The molecule has 0 aliphatic carbocycles. The van der Waals surface area contributed by atoms with Crippen molar-refractivity contribution in [3.63, 3.8) is 0 Å². The molecule has 0 spiro atoms. The van der Waals surface area contributed by atoms with Crippen molar-refractivity contribution in [3.8, 4) is 11.3 Å². The van der Waals surface area contributed by atoms with E-state index in [1.54, 1.807) is 6.07 Å². The maximum atomic E-state index is 6.04. The fraction of sp³-hybridized carbons (Fsp3) is 0. The van der Waals surface area contributed by atoms with Gasteiger partial charge in [-0.1, -0.05) is 41.9 Å². The van der Waals surface area contributed by atoms with Crippen LogP contribution in [0.4, 0.5) is 0 Å². The van der Waals surface area contributed by atoms with Crippen molar-refractivity contribution in [1.29, 1.82) is 0 Å². The molecule has 0 saturated heterocycles. The van der Waals surface area contributed by atoms with Gasteiger partial charge in [0, 0.05) is 21.1 Å². The van der Waals surface area contributed by atoms with E-state index in [0.29, 0.717) is 10.2 Å². The molecule has 0 aliphatic heterocycles. The third-order valence-electron chi connectivity index (χ3n) is 2.68. The second-order valence-corrected chi connectivity index (χ2v) is 4.68. The van der Waals surface area contributed by atoms with Crippen molar-refractivity contribution in [2.45, 2.75) is 5.16 Å². The average molecular weight is 295 g/mol. The second-order valence-electron chi connectivity index (χ2n) is 3.88. The summed E-state index contributed by atoms with van der Waals surface area (Å²) in [4.78, 5) is 8.61. The Bertz CT molecular complexity index is 719. The molecule has 0 radical (unpaired) electrons. The Hall–Kier alpha value is -0.710. The normalized spacial score (nSPS) is 10.2. The zero-order valence-corrected chi connectivity index (χ0v) is 13.9. The van der Waals surface area contributed by atoms with Gasteiger partial charge in [0.2, 0.25) is 0 Å². The van der Waals surface area contributed by atoms with Crippen molar-refractivity contribution in [1.82, 2.24) is 9.97 Å². The summed E-state index contributed by atoms with van der Waals surface area (Å²) in [6, 6.07) is 15.4. The van der Waals surface area contributed by atoms with Crippen LogP contribution in [0.5, 0.6) is 0 Å². The quantitative estimate of drug-likeness (QED) is 0.378. The van der Waals surface area contributed by atoms with Crippen LogP contribution in [0.3, 0.4) is 0 Å². The Labute approximate surface area is 143 Å². The number of fused-ring (bicyclic) bond motifs is 1. The minimum atomic E-state index is 0. The summed E-state index contributed by atoms with van der Waals surface area (Å²) in [7, 11) is 0. The summed E-state index contributed by atoms with van der Waals surface area (Å²) in [6.07, 6.45) is 0. The molecule has 0 atom stereocenters. The average Bonchev–Trinajstić information content (AvgIpc) is 2.39. The fourth-order valence-electron chi connectivity index (χ4n) is 1.90. The van der Waals surface area contributed by atoms with Crippen molar-refractivity contribution >= 4 is 35.1 Å². The Balaban J connectivity index is 0.00000133. The number of aromatic nitrogens is 2. The summed E-state index contributed by atoms with van der Waals surface area (Å²) in [5, 5.41) is 1.94. The van der Waals surface area contributed by atoms with E-state index in [9.17, 15) is 0 Å². The Morgan fingerprint density at radius 3 is 2.42 bits per heavy atom. The Morgan fingerprint density at radius 1 is 0.947 bits per heavy atom. The number of halogens is 1. The molecule has 3 aromatic rings. The molecule has 0 N–H and O–H groups in total. The molecule has 0 fully saturated rings. The maximum Gasteiger partial charge on any atom is 1.00 e. The molecule has 0 saturated carbocycles. The monoisotopic (exact) mass is 294 g/mol. The largest absolute Gasteiger partial charge is 1.00 e. The topological polar surface area (TPSA) is 25.8 Å². The molecular weight excluding hydrogens is 287 g/mol. The van der Waals surface area contributed by atoms with Crippen LogP contribution in [0.1, 0.15) is 0 Å². The molecule has 0 amide bonds. The van der Waals surface area contributed by atoms with Gasteiger partial charge in [0.25, 0.3) is 0 Å². The van der Waals surface area contributed by atoms with E-state index in [1.165, 1.54) is 0 Å². The molecule has 2 aromatic carbocycles. The Morgan fingerprint density at radius 2 is 1.68 bits per heavy atom. The van der Waals surface area contributed by atoms with Crippen LogP contribution < -0.4 is 29.6 Å². The predicted molar refractivity (Wildman–Crippen MR) is 75.6 cm³/mol. The van der Waals surface area contributed by atoms with Crippen LogP contribution in [0.25, 0.3) is 22.2 Å². The van der Waals surface area contributed by atoms with Gasteiger partial charge in [-0.05, 0) is 18.2 Å². The molecule has 5 heteroatoms. The van der Waals surface area contributed by atoms with E-state index in [2.05, 4.69) is 9.97 Å². The van der Waals surface area contributed by atoms with Crippen molar-refractivity contribution < 1.29 is 29.6 Å². The van der Waals surface area contributed by atoms with Gasteiger partial charge in [-0.25, -0.2) is 0 Å². The minimum Gasteiger partial charge on any atom is -0.740 e. The van der Waals surface area contributed by atoms with Crippen LogP contribution in [-0.2, 0) is 12.6 Å². The summed E-state index contributed by atoms with van der Waals surface area (Å²) in [6.45, 7) is 0. The molecule has 19 heavy (non-hydrogen) atoms. The van der Waals surface area contributed by atoms with E-state index in [-0.39, 0.29) is 29.6 Å². The van der Waals surface area contributed by atoms with Crippen molar-refractivity contribution in [2.75, 3.05) is 0 Å². The van der Waals surface area contributed by atoms with Gasteiger partial charge < -0.3 is 12.6 Å². The van der Waals surface area contributed by atoms with Gasteiger partial charge in [-0.2, -0.15) is 0 Å².